The molecular weight excluding hydrogens is 271 g/mol. The predicted molar refractivity (Wildman–Crippen MR) is 68.0 cm³/mol. The summed E-state index contributed by atoms with van der Waals surface area (Å²) in [5.74, 6) is 0.545. The van der Waals surface area contributed by atoms with Crippen LogP contribution in [0.1, 0.15) is 0 Å². The van der Waals surface area contributed by atoms with Crippen molar-refractivity contribution in [1.29, 1.82) is 0 Å². The fourth-order valence-electron chi connectivity index (χ4n) is 0.972. The van der Waals surface area contributed by atoms with Crippen molar-refractivity contribution in [3.8, 4) is 0 Å². The lowest BCUT2D eigenvalue weighted by Gasteiger charge is -2.01. The number of nitrogens with two attached hydrogens (primary N) is 1. The zero-order valence-electron chi connectivity index (χ0n) is 8.02. The Morgan fingerprint density at radius 3 is 2.81 bits per heavy atom. The lowest BCUT2D eigenvalue weighted by molar-refractivity contribution is -0.384. The van der Waals surface area contributed by atoms with Crippen molar-refractivity contribution in [3.63, 3.8) is 0 Å². The van der Waals surface area contributed by atoms with E-state index in [0.29, 0.717) is 5.75 Å². The maximum absolute atomic E-state index is 10.6. The first-order chi connectivity index (χ1) is 7.50. The van der Waals surface area contributed by atoms with Crippen LogP contribution < -0.4 is 5.73 Å². The van der Waals surface area contributed by atoms with Gasteiger partial charge in [0.2, 0.25) is 0 Å². The summed E-state index contributed by atoms with van der Waals surface area (Å²) in [7, 11) is 0. The highest BCUT2D eigenvalue weighted by Crippen LogP contribution is 2.28. The largest absolute Gasteiger partial charge is 0.393 e. The van der Waals surface area contributed by atoms with E-state index in [1.165, 1.54) is 23.9 Å². The van der Waals surface area contributed by atoms with Crippen LogP contribution in [0.5, 0.6) is 0 Å². The van der Waals surface area contributed by atoms with E-state index in [2.05, 4.69) is 0 Å². The van der Waals surface area contributed by atoms with E-state index in [9.17, 15) is 10.1 Å². The normalized spacial score (nSPS) is 9.88. The second-order valence-electron chi connectivity index (χ2n) is 2.78. The molecule has 4 nitrogen and oxygen atoms in total. The number of halogens is 2. The molecule has 0 radical (unpaired) electrons. The zero-order chi connectivity index (χ0) is 12.1. The fourth-order valence-corrected chi connectivity index (χ4v) is 2.11. The first-order valence-corrected chi connectivity index (χ1v) is 5.92. The second-order valence-corrected chi connectivity index (χ2v) is 4.88. The lowest BCUT2D eigenvalue weighted by Crippen LogP contribution is -1.95. The van der Waals surface area contributed by atoms with Gasteiger partial charge in [0.15, 0.2) is 0 Å². The third-order valence-corrected chi connectivity index (χ3v) is 2.92. The highest BCUT2D eigenvalue weighted by molar-refractivity contribution is 7.99. The fraction of sp³-hybridized carbons (Fsp3) is 0.111. The molecule has 2 N–H and O–H groups in total. The van der Waals surface area contributed by atoms with Crippen molar-refractivity contribution in [3.05, 3.63) is 38.9 Å². The first-order valence-electron chi connectivity index (χ1n) is 4.18. The SMILES string of the molecule is Nc1ccc(SCC=C(Cl)Cl)cc1[N+](=O)[O-]. The third-order valence-electron chi connectivity index (χ3n) is 1.69. The molecule has 0 amide bonds. The molecule has 0 aliphatic carbocycles. The number of nitro benzene ring substituents is 1. The molecule has 1 rings (SSSR count). The molecule has 0 fully saturated rings. The van der Waals surface area contributed by atoms with Crippen molar-refractivity contribution in [2.24, 2.45) is 0 Å². The standard InChI is InChI=1S/C9H8Cl2N2O2S/c10-9(11)3-4-16-6-1-2-7(12)8(5-6)13(14)15/h1-3,5H,4,12H2. The first kappa shape index (κ1) is 13.2. The molecule has 0 aliphatic rings. The quantitative estimate of drug-likeness (QED) is 0.396. The molecule has 16 heavy (non-hydrogen) atoms. The molecule has 86 valence electrons. The molecule has 0 saturated carbocycles. The minimum Gasteiger partial charge on any atom is -0.393 e. The van der Waals surface area contributed by atoms with Crippen molar-refractivity contribution in [2.45, 2.75) is 4.90 Å². The summed E-state index contributed by atoms with van der Waals surface area (Å²) < 4.78 is 0.178. The summed E-state index contributed by atoms with van der Waals surface area (Å²) in [6, 6.07) is 4.64. The van der Waals surface area contributed by atoms with Gasteiger partial charge >= 0.3 is 0 Å². The number of thioether (sulfide) groups is 1. The summed E-state index contributed by atoms with van der Waals surface area (Å²) >= 11 is 12.3. The van der Waals surface area contributed by atoms with Crippen molar-refractivity contribution < 1.29 is 4.92 Å². The molecule has 0 bridgehead atoms. The second kappa shape index (κ2) is 5.98. The molecule has 0 aromatic heterocycles. The summed E-state index contributed by atoms with van der Waals surface area (Å²) in [5, 5.41) is 10.6. The molecule has 0 atom stereocenters. The van der Waals surface area contributed by atoms with Gasteiger partial charge in [-0.25, -0.2) is 0 Å². The Morgan fingerprint density at radius 2 is 2.25 bits per heavy atom. The van der Waals surface area contributed by atoms with Crippen LogP contribution in [0, 0.1) is 10.1 Å². The van der Waals surface area contributed by atoms with E-state index in [1.54, 1.807) is 12.1 Å². The van der Waals surface area contributed by atoms with Crippen LogP contribution in [-0.2, 0) is 0 Å². The summed E-state index contributed by atoms with van der Waals surface area (Å²) in [5.41, 5.74) is 5.52. The Labute approximate surface area is 107 Å². The highest BCUT2D eigenvalue weighted by Gasteiger charge is 2.11. The maximum Gasteiger partial charge on any atom is 0.293 e. The average molecular weight is 279 g/mol. The smallest absolute Gasteiger partial charge is 0.293 e. The van der Waals surface area contributed by atoms with Gasteiger partial charge in [-0.2, -0.15) is 0 Å². The number of hydrogen-bond acceptors (Lipinski definition) is 4. The van der Waals surface area contributed by atoms with Gasteiger partial charge in [-0.3, -0.25) is 10.1 Å². The van der Waals surface area contributed by atoms with Crippen LogP contribution in [0.4, 0.5) is 11.4 Å². The van der Waals surface area contributed by atoms with Gasteiger partial charge in [-0.1, -0.05) is 23.2 Å². The number of nitrogens with zero attached hydrogens (tertiary/aromatic N) is 1. The van der Waals surface area contributed by atoms with E-state index in [0.717, 1.165) is 4.90 Å². The lowest BCUT2D eigenvalue weighted by atomic mass is 10.3. The number of benzene rings is 1. The molecule has 0 aliphatic heterocycles. The van der Waals surface area contributed by atoms with Crippen molar-refractivity contribution in [1.82, 2.24) is 0 Å². The van der Waals surface area contributed by atoms with Gasteiger partial charge in [-0.05, 0) is 18.2 Å². The van der Waals surface area contributed by atoms with Crippen LogP contribution in [0.25, 0.3) is 0 Å². The Hall–Kier alpha value is -0.910. The molecule has 0 spiro atoms. The topological polar surface area (TPSA) is 69.2 Å². The van der Waals surface area contributed by atoms with Crippen LogP contribution >= 0.6 is 35.0 Å². The van der Waals surface area contributed by atoms with Gasteiger partial charge in [0.05, 0.1) is 4.92 Å². The van der Waals surface area contributed by atoms with Gasteiger partial charge in [0.1, 0.15) is 10.2 Å². The number of rotatable bonds is 4. The molecule has 0 unspecified atom stereocenters. The van der Waals surface area contributed by atoms with E-state index in [-0.39, 0.29) is 15.9 Å². The average Bonchev–Trinajstić information content (AvgIpc) is 2.19. The van der Waals surface area contributed by atoms with Gasteiger partial charge in [0.25, 0.3) is 5.69 Å². The Morgan fingerprint density at radius 1 is 1.56 bits per heavy atom. The van der Waals surface area contributed by atoms with Crippen molar-refractivity contribution >= 4 is 46.3 Å². The molecular formula is C9H8Cl2N2O2S. The Bertz CT molecular complexity index is 434. The number of hydrogen-bond donors (Lipinski definition) is 1. The highest BCUT2D eigenvalue weighted by atomic mass is 35.5. The maximum atomic E-state index is 10.6. The van der Waals surface area contributed by atoms with Crippen molar-refractivity contribution in [2.75, 3.05) is 11.5 Å². The molecule has 0 heterocycles. The van der Waals surface area contributed by atoms with E-state index < -0.39 is 4.92 Å². The van der Waals surface area contributed by atoms with Crippen LogP contribution in [0.15, 0.2) is 33.7 Å². The Kier molecular flexibility index (Phi) is 4.92. The Balaban J connectivity index is 2.79. The number of nitro groups is 1. The summed E-state index contributed by atoms with van der Waals surface area (Å²) in [6.07, 6.45) is 1.61. The van der Waals surface area contributed by atoms with Crippen LogP contribution in [0.3, 0.4) is 0 Å². The van der Waals surface area contributed by atoms with Gasteiger partial charge in [-0.15, -0.1) is 11.8 Å². The van der Waals surface area contributed by atoms with Crippen LogP contribution in [0.2, 0.25) is 0 Å². The molecule has 7 heteroatoms. The minimum atomic E-state index is -0.510. The number of nitrogen functional groups attached to an aromatic ring is 1. The third kappa shape index (κ3) is 3.92. The van der Waals surface area contributed by atoms with E-state index in [4.69, 9.17) is 28.9 Å². The summed E-state index contributed by atoms with van der Waals surface area (Å²) in [6.45, 7) is 0. The monoisotopic (exact) mass is 278 g/mol. The number of anilines is 1. The van der Waals surface area contributed by atoms with Gasteiger partial charge < -0.3 is 5.73 Å². The van der Waals surface area contributed by atoms with E-state index >= 15 is 0 Å². The molecule has 0 saturated heterocycles. The molecule has 1 aromatic carbocycles. The minimum absolute atomic E-state index is 0.0917. The zero-order valence-corrected chi connectivity index (χ0v) is 10.4. The predicted octanol–water partition coefficient (Wildman–Crippen LogP) is 3.59. The van der Waals surface area contributed by atoms with Crippen LogP contribution in [-0.4, -0.2) is 10.7 Å². The van der Waals surface area contributed by atoms with E-state index in [1.807, 2.05) is 0 Å². The summed E-state index contributed by atoms with van der Waals surface area (Å²) in [4.78, 5) is 10.9. The molecule has 1 aromatic rings. The van der Waals surface area contributed by atoms with Gasteiger partial charge in [0, 0.05) is 16.7 Å².